The summed E-state index contributed by atoms with van der Waals surface area (Å²) >= 11 is 10.2. The Morgan fingerprint density at radius 2 is 2.29 bits per heavy atom. The minimum atomic E-state index is -0.307. The second-order valence-corrected chi connectivity index (χ2v) is 7.50. The van der Waals surface area contributed by atoms with E-state index in [-0.39, 0.29) is 12.0 Å². The number of carbonyl (C=O) groups excluding carboxylic acids is 1. The van der Waals surface area contributed by atoms with Gasteiger partial charge in [-0.1, -0.05) is 13.8 Å². The Morgan fingerprint density at radius 3 is 2.86 bits per heavy atom. The molecule has 1 aromatic heterocycles. The van der Waals surface area contributed by atoms with Crippen LogP contribution >= 0.6 is 39.5 Å². The zero-order chi connectivity index (χ0) is 15.6. The number of hydrogen-bond acceptors (Lipinski definition) is 4. The van der Waals surface area contributed by atoms with Crippen molar-refractivity contribution in [2.24, 2.45) is 5.92 Å². The molecule has 0 fully saturated rings. The van der Waals surface area contributed by atoms with Crippen molar-refractivity contribution in [1.82, 2.24) is 10.6 Å². The van der Waals surface area contributed by atoms with Gasteiger partial charge in [0.25, 0.3) is 0 Å². The Kier molecular flexibility index (Phi) is 5.40. The van der Waals surface area contributed by atoms with Gasteiger partial charge in [0.2, 0.25) is 0 Å². The van der Waals surface area contributed by atoms with E-state index in [0.29, 0.717) is 23.2 Å². The Hall–Kier alpha value is -0.920. The first-order valence-electron chi connectivity index (χ1n) is 6.57. The highest BCUT2D eigenvalue weighted by atomic mass is 79.9. The van der Waals surface area contributed by atoms with Crippen molar-refractivity contribution in [3.05, 3.63) is 32.1 Å². The minimum Gasteiger partial charge on any atom is -0.462 e. The summed E-state index contributed by atoms with van der Waals surface area (Å²) < 4.78 is 6.37. The van der Waals surface area contributed by atoms with Gasteiger partial charge >= 0.3 is 5.97 Å². The van der Waals surface area contributed by atoms with Gasteiger partial charge in [-0.25, -0.2) is 4.79 Å². The lowest BCUT2D eigenvalue weighted by Gasteiger charge is -2.29. The van der Waals surface area contributed by atoms with Crippen molar-refractivity contribution in [3.63, 3.8) is 0 Å². The predicted molar refractivity (Wildman–Crippen MR) is 92.1 cm³/mol. The van der Waals surface area contributed by atoms with Crippen molar-refractivity contribution in [2.75, 3.05) is 6.61 Å². The molecule has 2 N–H and O–H groups in total. The standard InChI is InChI=1S/C14H17BrN2O2S2/c1-7(2)5-19-13(18)11-8(3)16-14(20)17-12(11)10-4-9(15)6-21-10/h4,6-7,12H,5H2,1-3H3,(H2,16,17,20)/t12-/m0/s1. The molecule has 2 heterocycles. The van der Waals surface area contributed by atoms with E-state index in [1.807, 2.05) is 32.2 Å². The van der Waals surface area contributed by atoms with Crippen molar-refractivity contribution in [2.45, 2.75) is 26.8 Å². The van der Waals surface area contributed by atoms with Gasteiger partial charge < -0.3 is 15.4 Å². The van der Waals surface area contributed by atoms with Crippen LogP contribution < -0.4 is 10.6 Å². The molecule has 0 spiro atoms. The van der Waals surface area contributed by atoms with Gasteiger partial charge in [-0.15, -0.1) is 11.3 Å². The van der Waals surface area contributed by atoms with Crippen LogP contribution in [0.15, 0.2) is 27.2 Å². The van der Waals surface area contributed by atoms with Crippen LogP contribution in [0, 0.1) is 5.92 Å². The highest BCUT2D eigenvalue weighted by molar-refractivity contribution is 9.10. The molecule has 1 aromatic rings. The van der Waals surface area contributed by atoms with Crippen LogP contribution in [-0.2, 0) is 9.53 Å². The molecule has 0 unspecified atom stereocenters. The molecule has 0 amide bonds. The molecule has 0 aliphatic carbocycles. The molecular weight excluding hydrogens is 372 g/mol. The smallest absolute Gasteiger partial charge is 0.338 e. The maximum Gasteiger partial charge on any atom is 0.338 e. The molecule has 4 nitrogen and oxygen atoms in total. The molecule has 0 aromatic carbocycles. The molecule has 114 valence electrons. The van der Waals surface area contributed by atoms with Crippen LogP contribution in [0.5, 0.6) is 0 Å². The molecular formula is C14H17BrN2O2S2. The Morgan fingerprint density at radius 1 is 1.57 bits per heavy atom. The fourth-order valence-corrected chi connectivity index (χ4v) is 3.75. The third-order valence-electron chi connectivity index (χ3n) is 2.91. The van der Waals surface area contributed by atoms with Crippen LogP contribution in [-0.4, -0.2) is 17.7 Å². The maximum absolute atomic E-state index is 12.4. The molecule has 7 heteroatoms. The first-order chi connectivity index (χ1) is 9.88. The molecule has 0 saturated heterocycles. The predicted octanol–water partition coefficient (Wildman–Crippen LogP) is 3.50. The van der Waals surface area contributed by atoms with Gasteiger partial charge in [-0.3, -0.25) is 0 Å². The zero-order valence-corrected chi connectivity index (χ0v) is 15.2. The van der Waals surface area contributed by atoms with E-state index in [1.54, 1.807) is 11.3 Å². The number of esters is 1. The number of allylic oxidation sites excluding steroid dienone is 1. The Balaban J connectivity index is 2.30. The van der Waals surface area contributed by atoms with Gasteiger partial charge in [0.05, 0.1) is 18.2 Å². The van der Waals surface area contributed by atoms with Crippen molar-refractivity contribution in [1.29, 1.82) is 0 Å². The Bertz CT molecular complexity index is 596. The van der Waals surface area contributed by atoms with E-state index in [1.165, 1.54) is 0 Å². The third-order valence-corrected chi connectivity index (χ3v) is 4.89. The van der Waals surface area contributed by atoms with Gasteiger partial charge in [0, 0.05) is 20.4 Å². The summed E-state index contributed by atoms with van der Waals surface area (Å²) in [4.78, 5) is 13.4. The van der Waals surface area contributed by atoms with Crippen molar-refractivity contribution < 1.29 is 9.53 Å². The fraction of sp³-hybridized carbons (Fsp3) is 0.429. The van der Waals surface area contributed by atoms with E-state index in [0.717, 1.165) is 15.0 Å². The number of thiophene rings is 1. The third kappa shape index (κ3) is 4.05. The molecule has 21 heavy (non-hydrogen) atoms. The summed E-state index contributed by atoms with van der Waals surface area (Å²) in [6.45, 7) is 6.26. The van der Waals surface area contributed by atoms with Crippen LogP contribution in [0.1, 0.15) is 31.7 Å². The molecule has 2 rings (SSSR count). The second kappa shape index (κ2) is 6.89. The largest absolute Gasteiger partial charge is 0.462 e. The molecule has 0 radical (unpaired) electrons. The summed E-state index contributed by atoms with van der Waals surface area (Å²) in [5.74, 6) is -0.00649. The van der Waals surface area contributed by atoms with Crippen molar-refractivity contribution in [3.8, 4) is 0 Å². The van der Waals surface area contributed by atoms with Crippen LogP contribution in [0.3, 0.4) is 0 Å². The topological polar surface area (TPSA) is 50.4 Å². The van der Waals surface area contributed by atoms with Gasteiger partial charge in [-0.05, 0) is 47.1 Å². The summed E-state index contributed by atoms with van der Waals surface area (Å²) in [7, 11) is 0. The highest BCUT2D eigenvalue weighted by Crippen LogP contribution is 2.33. The summed E-state index contributed by atoms with van der Waals surface area (Å²) in [6, 6.07) is 1.72. The number of halogens is 1. The molecule has 1 atom stereocenters. The first kappa shape index (κ1) is 16.5. The summed E-state index contributed by atoms with van der Waals surface area (Å²) in [6.07, 6.45) is 0. The lowest BCUT2D eigenvalue weighted by Crippen LogP contribution is -2.45. The second-order valence-electron chi connectivity index (χ2n) is 5.23. The number of carbonyl (C=O) groups is 1. The first-order valence-corrected chi connectivity index (χ1v) is 8.66. The van der Waals surface area contributed by atoms with Gasteiger partial charge in [0.1, 0.15) is 0 Å². The number of hydrogen-bond donors (Lipinski definition) is 2. The Labute approximate surface area is 142 Å². The van der Waals surface area contributed by atoms with E-state index in [2.05, 4.69) is 26.6 Å². The maximum atomic E-state index is 12.4. The van der Waals surface area contributed by atoms with Crippen LogP contribution in [0.4, 0.5) is 0 Å². The van der Waals surface area contributed by atoms with E-state index in [9.17, 15) is 4.79 Å². The van der Waals surface area contributed by atoms with Crippen LogP contribution in [0.25, 0.3) is 0 Å². The lowest BCUT2D eigenvalue weighted by molar-refractivity contribution is -0.140. The van der Waals surface area contributed by atoms with E-state index < -0.39 is 0 Å². The van der Waals surface area contributed by atoms with Crippen molar-refractivity contribution >= 4 is 50.6 Å². The quantitative estimate of drug-likeness (QED) is 0.610. The molecule has 0 bridgehead atoms. The normalized spacial score (nSPS) is 18.5. The van der Waals surface area contributed by atoms with E-state index in [4.69, 9.17) is 17.0 Å². The molecule has 1 aliphatic heterocycles. The van der Waals surface area contributed by atoms with Crippen LogP contribution in [0.2, 0.25) is 0 Å². The summed E-state index contributed by atoms with van der Waals surface area (Å²) in [5, 5.41) is 8.64. The van der Waals surface area contributed by atoms with Gasteiger partial charge in [-0.2, -0.15) is 0 Å². The van der Waals surface area contributed by atoms with Gasteiger partial charge in [0.15, 0.2) is 5.11 Å². The SMILES string of the molecule is CC1=C(C(=O)OCC(C)C)[C@H](c2cc(Br)cs2)NC(=S)N1. The monoisotopic (exact) mass is 388 g/mol. The van der Waals surface area contributed by atoms with E-state index >= 15 is 0 Å². The average Bonchev–Trinajstić information content (AvgIpc) is 2.81. The average molecular weight is 389 g/mol. The number of rotatable bonds is 4. The highest BCUT2D eigenvalue weighted by Gasteiger charge is 2.31. The lowest BCUT2D eigenvalue weighted by atomic mass is 10.0. The number of nitrogens with one attached hydrogen (secondary N) is 2. The number of ether oxygens (including phenoxy) is 1. The molecule has 0 saturated carbocycles. The summed E-state index contributed by atoms with van der Waals surface area (Å²) in [5.41, 5.74) is 1.32. The minimum absolute atomic E-state index is 0.269. The fourth-order valence-electron chi connectivity index (χ4n) is 1.98. The zero-order valence-electron chi connectivity index (χ0n) is 12.0. The molecule has 1 aliphatic rings. The number of thiocarbonyl (C=S) groups is 1.